The third-order valence-corrected chi connectivity index (χ3v) is 5.78. The quantitative estimate of drug-likeness (QED) is 0.886. The van der Waals surface area contributed by atoms with Crippen LogP contribution in [0.15, 0.2) is 22.8 Å². The van der Waals surface area contributed by atoms with Crippen molar-refractivity contribution >= 4 is 11.8 Å². The molecule has 0 saturated carbocycles. The van der Waals surface area contributed by atoms with E-state index in [1.165, 1.54) is 6.26 Å². The van der Waals surface area contributed by atoms with E-state index in [4.69, 9.17) is 4.42 Å². The van der Waals surface area contributed by atoms with Gasteiger partial charge in [0.05, 0.1) is 6.26 Å². The lowest BCUT2D eigenvalue weighted by Gasteiger charge is -2.44. The highest BCUT2D eigenvalue weighted by Gasteiger charge is 2.41. The number of amides is 2. The molecular formula is C19H25N5O3. The van der Waals surface area contributed by atoms with Crippen LogP contribution in [0.5, 0.6) is 0 Å². The number of nitrogens with zero attached hydrogens (tertiary/aromatic N) is 4. The van der Waals surface area contributed by atoms with Crippen molar-refractivity contribution in [3.8, 4) is 0 Å². The van der Waals surface area contributed by atoms with E-state index >= 15 is 0 Å². The number of piperidine rings is 1. The molecule has 0 unspecified atom stereocenters. The van der Waals surface area contributed by atoms with Gasteiger partial charge < -0.3 is 19.2 Å². The van der Waals surface area contributed by atoms with E-state index in [1.807, 2.05) is 16.4 Å². The van der Waals surface area contributed by atoms with E-state index in [2.05, 4.69) is 15.5 Å². The number of hydrogen-bond acceptors (Lipinski definition) is 5. The molecule has 2 amide bonds. The molecule has 1 spiro atoms. The molecule has 0 atom stereocenters. The van der Waals surface area contributed by atoms with E-state index < -0.39 is 0 Å². The fourth-order valence-corrected chi connectivity index (χ4v) is 4.11. The summed E-state index contributed by atoms with van der Waals surface area (Å²) in [6, 6.07) is 3.44. The highest BCUT2D eigenvalue weighted by molar-refractivity contribution is 5.91. The lowest BCUT2D eigenvalue weighted by Crippen LogP contribution is -2.47. The van der Waals surface area contributed by atoms with Crippen LogP contribution in [0.25, 0.3) is 0 Å². The topological polar surface area (TPSA) is 93.3 Å². The molecule has 144 valence electrons. The first-order valence-corrected chi connectivity index (χ1v) is 9.65. The Morgan fingerprint density at radius 1 is 1.26 bits per heavy atom. The maximum Gasteiger partial charge on any atom is 0.289 e. The van der Waals surface area contributed by atoms with Crippen molar-refractivity contribution in [3.63, 3.8) is 0 Å². The van der Waals surface area contributed by atoms with Crippen molar-refractivity contribution in [3.05, 3.63) is 35.8 Å². The molecule has 8 heteroatoms. The molecule has 27 heavy (non-hydrogen) atoms. The summed E-state index contributed by atoms with van der Waals surface area (Å²) in [5.41, 5.74) is 0.0924. The zero-order valence-corrected chi connectivity index (χ0v) is 15.6. The van der Waals surface area contributed by atoms with Gasteiger partial charge in [0.15, 0.2) is 5.76 Å². The maximum atomic E-state index is 12.5. The number of rotatable bonds is 4. The van der Waals surface area contributed by atoms with Gasteiger partial charge in [0.25, 0.3) is 11.8 Å². The number of aromatic nitrogens is 3. The van der Waals surface area contributed by atoms with Crippen molar-refractivity contribution in [2.24, 2.45) is 5.41 Å². The van der Waals surface area contributed by atoms with Crippen LogP contribution in [0, 0.1) is 5.41 Å². The summed E-state index contributed by atoms with van der Waals surface area (Å²) < 4.78 is 7.22. The summed E-state index contributed by atoms with van der Waals surface area (Å²) in [5, 5.41) is 11.2. The van der Waals surface area contributed by atoms with Gasteiger partial charge in [-0.15, -0.1) is 10.2 Å². The maximum absolute atomic E-state index is 12.5. The van der Waals surface area contributed by atoms with E-state index in [1.54, 1.807) is 12.1 Å². The highest BCUT2D eigenvalue weighted by atomic mass is 16.3. The van der Waals surface area contributed by atoms with Crippen LogP contribution < -0.4 is 5.32 Å². The van der Waals surface area contributed by atoms with Crippen LogP contribution in [0.3, 0.4) is 0 Å². The van der Waals surface area contributed by atoms with Crippen LogP contribution in [-0.4, -0.2) is 51.1 Å². The summed E-state index contributed by atoms with van der Waals surface area (Å²) in [4.78, 5) is 26.7. The summed E-state index contributed by atoms with van der Waals surface area (Å²) in [5.74, 6) is 1.49. The average molecular weight is 371 g/mol. The Bertz CT molecular complexity index is 819. The van der Waals surface area contributed by atoms with E-state index in [0.29, 0.717) is 31.2 Å². The van der Waals surface area contributed by atoms with Crippen molar-refractivity contribution < 1.29 is 14.0 Å². The Morgan fingerprint density at radius 3 is 2.78 bits per heavy atom. The van der Waals surface area contributed by atoms with Crippen molar-refractivity contribution in [2.75, 3.05) is 19.6 Å². The Labute approximate surface area is 157 Å². The fourth-order valence-electron chi connectivity index (χ4n) is 4.11. The summed E-state index contributed by atoms with van der Waals surface area (Å²) in [6.07, 6.45) is 6.07. The van der Waals surface area contributed by atoms with Gasteiger partial charge in [0, 0.05) is 32.6 Å². The average Bonchev–Trinajstić information content (AvgIpc) is 3.36. The standard InChI is InChI=1S/C19H25N5O3/c1-2-9-20-17(25)16-22-21-15-5-6-19(13-24(15)16)7-10-23(11-8-19)18(26)14-4-3-12-27-14/h3-4,12H,2,5-11,13H2,1H3,(H,20,25). The van der Waals surface area contributed by atoms with Gasteiger partial charge >= 0.3 is 0 Å². The molecule has 2 aliphatic rings. The number of fused-ring (bicyclic) bond motifs is 1. The van der Waals surface area contributed by atoms with E-state index in [9.17, 15) is 9.59 Å². The van der Waals surface area contributed by atoms with Gasteiger partial charge in [-0.1, -0.05) is 6.92 Å². The second kappa shape index (κ2) is 7.17. The fraction of sp³-hybridized carbons (Fsp3) is 0.579. The first kappa shape index (κ1) is 17.8. The molecule has 2 aromatic rings. The van der Waals surface area contributed by atoms with Crippen molar-refractivity contribution in [2.45, 2.75) is 45.6 Å². The molecule has 4 heterocycles. The predicted molar refractivity (Wildman–Crippen MR) is 97.2 cm³/mol. The van der Waals surface area contributed by atoms with Crippen LogP contribution in [-0.2, 0) is 13.0 Å². The molecule has 0 bridgehead atoms. The van der Waals surface area contributed by atoms with Gasteiger partial charge in [0.2, 0.25) is 5.82 Å². The van der Waals surface area contributed by atoms with Crippen LogP contribution in [0.1, 0.15) is 59.6 Å². The Kier molecular flexibility index (Phi) is 4.72. The number of hydrogen-bond donors (Lipinski definition) is 1. The number of likely N-dealkylation sites (tertiary alicyclic amines) is 1. The smallest absolute Gasteiger partial charge is 0.289 e. The molecule has 1 N–H and O–H groups in total. The van der Waals surface area contributed by atoms with Crippen molar-refractivity contribution in [1.82, 2.24) is 25.0 Å². The number of carbonyl (C=O) groups excluding carboxylic acids is 2. The molecule has 2 aliphatic heterocycles. The molecule has 1 fully saturated rings. The molecule has 0 aliphatic carbocycles. The molecule has 0 aromatic carbocycles. The second-order valence-electron chi connectivity index (χ2n) is 7.55. The van der Waals surface area contributed by atoms with Gasteiger partial charge in [-0.05, 0) is 43.2 Å². The van der Waals surface area contributed by atoms with E-state index in [0.717, 1.165) is 44.5 Å². The van der Waals surface area contributed by atoms with E-state index in [-0.39, 0.29) is 17.2 Å². The minimum absolute atomic E-state index is 0.0460. The number of carbonyl (C=O) groups is 2. The first-order chi connectivity index (χ1) is 13.1. The minimum Gasteiger partial charge on any atom is -0.459 e. The predicted octanol–water partition coefficient (Wildman–Crippen LogP) is 1.88. The zero-order valence-electron chi connectivity index (χ0n) is 15.6. The molecule has 1 saturated heterocycles. The Hall–Kier alpha value is -2.64. The number of aryl methyl sites for hydroxylation is 1. The van der Waals surface area contributed by atoms with Crippen molar-refractivity contribution in [1.29, 1.82) is 0 Å². The second-order valence-corrected chi connectivity index (χ2v) is 7.55. The lowest BCUT2D eigenvalue weighted by molar-refractivity contribution is 0.0440. The molecule has 8 nitrogen and oxygen atoms in total. The highest BCUT2D eigenvalue weighted by Crippen LogP contribution is 2.41. The summed E-state index contributed by atoms with van der Waals surface area (Å²) >= 11 is 0. The van der Waals surface area contributed by atoms with Crippen LogP contribution in [0.2, 0.25) is 0 Å². The third kappa shape index (κ3) is 3.36. The summed E-state index contributed by atoms with van der Waals surface area (Å²) in [6.45, 7) is 4.80. The van der Waals surface area contributed by atoms with Crippen LogP contribution >= 0.6 is 0 Å². The molecule has 4 rings (SSSR count). The number of nitrogens with one attached hydrogen (secondary N) is 1. The van der Waals surface area contributed by atoms with Gasteiger partial charge in [-0.3, -0.25) is 9.59 Å². The molecule has 2 aromatic heterocycles. The Balaban J connectivity index is 1.44. The SMILES string of the molecule is CCCNC(=O)c1nnc2n1CC1(CC2)CCN(C(=O)c2ccco2)CC1. The molecule has 0 radical (unpaired) electrons. The normalized spacial score (nSPS) is 18.3. The lowest BCUT2D eigenvalue weighted by atomic mass is 9.73. The minimum atomic E-state index is -0.155. The largest absolute Gasteiger partial charge is 0.459 e. The number of furan rings is 1. The first-order valence-electron chi connectivity index (χ1n) is 9.65. The molecular weight excluding hydrogens is 346 g/mol. The van der Waals surface area contributed by atoms with Gasteiger partial charge in [-0.25, -0.2) is 0 Å². The monoisotopic (exact) mass is 371 g/mol. The zero-order chi connectivity index (χ0) is 18.9. The van der Waals surface area contributed by atoms with Crippen LogP contribution in [0.4, 0.5) is 0 Å². The third-order valence-electron chi connectivity index (χ3n) is 5.78. The van der Waals surface area contributed by atoms with Gasteiger partial charge in [0.1, 0.15) is 5.82 Å². The Morgan fingerprint density at radius 2 is 2.07 bits per heavy atom. The summed E-state index contributed by atoms with van der Waals surface area (Å²) in [7, 11) is 0. The van der Waals surface area contributed by atoms with Gasteiger partial charge in [-0.2, -0.15) is 0 Å².